The van der Waals surface area contributed by atoms with Crippen LogP contribution in [-0.4, -0.2) is 15.1 Å². The molecule has 0 amide bonds. The Kier molecular flexibility index (Phi) is 3.84. The third kappa shape index (κ3) is 2.53. The van der Waals surface area contributed by atoms with Crippen molar-refractivity contribution in [2.24, 2.45) is 0 Å². The highest BCUT2D eigenvalue weighted by Gasteiger charge is 2.14. The molecule has 0 bridgehead atoms. The first-order chi connectivity index (χ1) is 8.13. The summed E-state index contributed by atoms with van der Waals surface area (Å²) in [6, 6.07) is 3.24. The van der Waals surface area contributed by atoms with Crippen LogP contribution in [0.4, 0.5) is 0 Å². The lowest BCUT2D eigenvalue weighted by Crippen LogP contribution is -1.94. The molecule has 1 aromatic carbocycles. The second-order valence-electron chi connectivity index (χ2n) is 3.29. The Morgan fingerprint density at radius 2 is 1.59 bits per heavy atom. The van der Waals surface area contributed by atoms with Crippen molar-refractivity contribution < 1.29 is 5.11 Å². The topological polar surface area (TPSA) is 46.0 Å². The fraction of sp³-hybridized carbons (Fsp3) is 0.0909. The Labute approximate surface area is 113 Å². The number of hydrogen-bond acceptors (Lipinski definition) is 3. The van der Waals surface area contributed by atoms with Crippen LogP contribution in [0, 0.1) is 0 Å². The standard InChI is InChI=1S/C11H7Cl3N2O/c12-7-1-2-8(13)10(14)9(7)11-15-3-6(5-17)4-16-11/h1-4,17H,5H2. The van der Waals surface area contributed by atoms with Crippen LogP contribution in [0.15, 0.2) is 24.5 Å². The number of aliphatic hydroxyl groups excluding tert-OH is 1. The molecule has 0 saturated heterocycles. The summed E-state index contributed by atoms with van der Waals surface area (Å²) in [5.74, 6) is 0.375. The largest absolute Gasteiger partial charge is 0.392 e. The Morgan fingerprint density at radius 1 is 1.00 bits per heavy atom. The highest BCUT2D eigenvalue weighted by atomic mass is 35.5. The Balaban J connectivity index is 2.55. The quantitative estimate of drug-likeness (QED) is 0.859. The van der Waals surface area contributed by atoms with E-state index in [1.807, 2.05) is 0 Å². The first-order valence-electron chi connectivity index (χ1n) is 4.69. The molecule has 1 aromatic heterocycles. The second-order valence-corrected chi connectivity index (χ2v) is 4.48. The van der Waals surface area contributed by atoms with Gasteiger partial charge in [-0.1, -0.05) is 34.8 Å². The molecule has 1 N–H and O–H groups in total. The van der Waals surface area contributed by atoms with Crippen molar-refractivity contribution >= 4 is 34.8 Å². The molecule has 0 radical (unpaired) electrons. The monoisotopic (exact) mass is 288 g/mol. The van der Waals surface area contributed by atoms with Crippen LogP contribution in [0.25, 0.3) is 11.4 Å². The number of aromatic nitrogens is 2. The summed E-state index contributed by atoms with van der Waals surface area (Å²) in [7, 11) is 0. The highest BCUT2D eigenvalue weighted by Crippen LogP contribution is 2.37. The van der Waals surface area contributed by atoms with Gasteiger partial charge in [0, 0.05) is 18.0 Å². The van der Waals surface area contributed by atoms with Crippen LogP contribution < -0.4 is 0 Å². The number of benzene rings is 1. The van der Waals surface area contributed by atoms with E-state index in [9.17, 15) is 0 Å². The molecule has 0 aliphatic carbocycles. The molecule has 2 aromatic rings. The first kappa shape index (κ1) is 12.6. The molecule has 17 heavy (non-hydrogen) atoms. The summed E-state index contributed by atoms with van der Waals surface area (Å²) in [4.78, 5) is 8.17. The second kappa shape index (κ2) is 5.19. The zero-order chi connectivity index (χ0) is 12.4. The first-order valence-corrected chi connectivity index (χ1v) is 5.82. The SMILES string of the molecule is OCc1cnc(-c2c(Cl)ccc(Cl)c2Cl)nc1. The lowest BCUT2D eigenvalue weighted by atomic mass is 10.2. The van der Waals surface area contributed by atoms with Crippen molar-refractivity contribution in [3.63, 3.8) is 0 Å². The van der Waals surface area contributed by atoms with Crippen LogP contribution in [0.2, 0.25) is 15.1 Å². The Hall–Kier alpha value is -0.870. The average Bonchev–Trinajstić information content (AvgIpc) is 2.35. The molecule has 0 fully saturated rings. The van der Waals surface area contributed by atoms with Crippen molar-refractivity contribution in [1.29, 1.82) is 0 Å². The molecule has 88 valence electrons. The smallest absolute Gasteiger partial charge is 0.162 e. The Morgan fingerprint density at radius 3 is 2.18 bits per heavy atom. The Bertz CT molecular complexity index is 543. The van der Waals surface area contributed by atoms with E-state index >= 15 is 0 Å². The molecule has 0 aliphatic rings. The van der Waals surface area contributed by atoms with Gasteiger partial charge in [-0.05, 0) is 12.1 Å². The molecule has 3 nitrogen and oxygen atoms in total. The van der Waals surface area contributed by atoms with Gasteiger partial charge in [0.15, 0.2) is 5.82 Å². The van der Waals surface area contributed by atoms with Crippen LogP contribution in [-0.2, 0) is 6.61 Å². The van der Waals surface area contributed by atoms with Crippen LogP contribution in [0.1, 0.15) is 5.56 Å². The average molecular weight is 290 g/mol. The number of halogens is 3. The van der Waals surface area contributed by atoms with Crippen molar-refractivity contribution in [1.82, 2.24) is 9.97 Å². The van der Waals surface area contributed by atoms with E-state index in [4.69, 9.17) is 39.9 Å². The molecule has 0 unspecified atom stereocenters. The minimum atomic E-state index is -0.114. The van der Waals surface area contributed by atoms with Gasteiger partial charge in [0.1, 0.15) is 0 Å². The maximum Gasteiger partial charge on any atom is 0.162 e. The minimum Gasteiger partial charge on any atom is -0.392 e. The summed E-state index contributed by atoms with van der Waals surface area (Å²) in [6.45, 7) is -0.114. The predicted octanol–water partition coefficient (Wildman–Crippen LogP) is 3.60. The van der Waals surface area contributed by atoms with E-state index < -0.39 is 0 Å². The van der Waals surface area contributed by atoms with Crippen LogP contribution >= 0.6 is 34.8 Å². The van der Waals surface area contributed by atoms with Gasteiger partial charge >= 0.3 is 0 Å². The lowest BCUT2D eigenvalue weighted by molar-refractivity contribution is 0.281. The van der Waals surface area contributed by atoms with Gasteiger partial charge in [0.25, 0.3) is 0 Å². The molecule has 0 aliphatic heterocycles. The predicted molar refractivity (Wildman–Crippen MR) is 68.4 cm³/mol. The molecule has 0 spiro atoms. The van der Waals surface area contributed by atoms with Crippen molar-refractivity contribution in [3.05, 3.63) is 45.2 Å². The summed E-state index contributed by atoms with van der Waals surface area (Å²) in [5.41, 5.74) is 1.10. The summed E-state index contributed by atoms with van der Waals surface area (Å²) < 4.78 is 0. The normalized spacial score (nSPS) is 10.6. The van der Waals surface area contributed by atoms with Gasteiger partial charge in [-0.15, -0.1) is 0 Å². The molecule has 0 saturated carbocycles. The summed E-state index contributed by atoms with van der Waals surface area (Å²) >= 11 is 18.0. The van der Waals surface area contributed by atoms with Crippen molar-refractivity contribution in [2.45, 2.75) is 6.61 Å². The molecule has 0 atom stereocenters. The third-order valence-electron chi connectivity index (χ3n) is 2.16. The van der Waals surface area contributed by atoms with Gasteiger partial charge in [0.2, 0.25) is 0 Å². The van der Waals surface area contributed by atoms with Gasteiger partial charge in [0.05, 0.1) is 27.2 Å². The van der Waals surface area contributed by atoms with E-state index in [-0.39, 0.29) is 6.61 Å². The molecular weight excluding hydrogens is 282 g/mol. The van der Waals surface area contributed by atoms with E-state index in [0.717, 1.165) is 0 Å². The zero-order valence-corrected chi connectivity index (χ0v) is 10.8. The van der Waals surface area contributed by atoms with E-state index in [0.29, 0.717) is 32.0 Å². The summed E-state index contributed by atoms with van der Waals surface area (Å²) in [6.07, 6.45) is 3.02. The minimum absolute atomic E-state index is 0.114. The maximum absolute atomic E-state index is 8.90. The molecule has 2 rings (SSSR count). The molecule has 1 heterocycles. The maximum atomic E-state index is 8.90. The number of rotatable bonds is 2. The lowest BCUT2D eigenvalue weighted by Gasteiger charge is -2.07. The fourth-order valence-electron chi connectivity index (χ4n) is 1.30. The number of aliphatic hydroxyl groups is 1. The number of hydrogen-bond donors (Lipinski definition) is 1. The molecule has 6 heteroatoms. The van der Waals surface area contributed by atoms with E-state index in [1.165, 1.54) is 12.4 Å². The van der Waals surface area contributed by atoms with E-state index in [1.54, 1.807) is 12.1 Å². The third-order valence-corrected chi connectivity index (χ3v) is 3.27. The zero-order valence-electron chi connectivity index (χ0n) is 8.49. The van der Waals surface area contributed by atoms with Gasteiger partial charge in [-0.25, -0.2) is 9.97 Å². The van der Waals surface area contributed by atoms with Gasteiger partial charge in [-0.2, -0.15) is 0 Å². The van der Waals surface area contributed by atoms with Gasteiger partial charge in [-0.3, -0.25) is 0 Å². The van der Waals surface area contributed by atoms with Crippen molar-refractivity contribution in [2.75, 3.05) is 0 Å². The van der Waals surface area contributed by atoms with E-state index in [2.05, 4.69) is 9.97 Å². The highest BCUT2D eigenvalue weighted by molar-refractivity contribution is 6.45. The molecular formula is C11H7Cl3N2O. The summed E-state index contributed by atoms with van der Waals surface area (Å²) in [5, 5.41) is 10.0. The van der Waals surface area contributed by atoms with Crippen molar-refractivity contribution in [3.8, 4) is 11.4 Å². The van der Waals surface area contributed by atoms with Gasteiger partial charge < -0.3 is 5.11 Å². The van der Waals surface area contributed by atoms with Crippen LogP contribution in [0.3, 0.4) is 0 Å². The van der Waals surface area contributed by atoms with Crippen LogP contribution in [0.5, 0.6) is 0 Å². The number of nitrogens with zero attached hydrogens (tertiary/aromatic N) is 2. The fourth-order valence-corrected chi connectivity index (χ4v) is 1.99.